The molecule has 26 heavy (non-hydrogen) atoms. The molecule has 4 aromatic carbocycles. The Kier molecular flexibility index (Phi) is 4.07. The Morgan fingerprint density at radius 1 is 0.423 bits per heavy atom. The van der Waals surface area contributed by atoms with E-state index in [4.69, 9.17) is 9.47 Å². The Morgan fingerprint density at radius 2 is 0.808 bits per heavy atom. The molecular formula is C22H16O4. The van der Waals surface area contributed by atoms with Gasteiger partial charge in [-0.15, -0.1) is 0 Å². The highest BCUT2D eigenvalue weighted by molar-refractivity contribution is 5.85. The van der Waals surface area contributed by atoms with Crippen LogP contribution in [0.25, 0.3) is 10.8 Å². The van der Waals surface area contributed by atoms with Gasteiger partial charge in [0.2, 0.25) is 0 Å². The van der Waals surface area contributed by atoms with Crippen LogP contribution in [0.3, 0.4) is 0 Å². The average molecular weight is 344 g/mol. The summed E-state index contributed by atoms with van der Waals surface area (Å²) >= 11 is 0. The Morgan fingerprint density at radius 3 is 1.23 bits per heavy atom. The first kappa shape index (κ1) is 15.8. The number of benzene rings is 4. The van der Waals surface area contributed by atoms with E-state index >= 15 is 0 Å². The number of phenols is 2. The molecule has 0 aliphatic carbocycles. The van der Waals surface area contributed by atoms with Crippen LogP contribution in [0.15, 0.2) is 84.9 Å². The van der Waals surface area contributed by atoms with Crippen molar-refractivity contribution in [2.24, 2.45) is 0 Å². The lowest BCUT2D eigenvalue weighted by atomic mass is 10.1. The van der Waals surface area contributed by atoms with Gasteiger partial charge in [-0.05, 0) is 83.6 Å². The second kappa shape index (κ2) is 6.69. The van der Waals surface area contributed by atoms with Crippen LogP contribution >= 0.6 is 0 Å². The molecule has 0 fully saturated rings. The van der Waals surface area contributed by atoms with E-state index < -0.39 is 0 Å². The summed E-state index contributed by atoms with van der Waals surface area (Å²) in [7, 11) is 0. The van der Waals surface area contributed by atoms with Crippen molar-refractivity contribution in [3.63, 3.8) is 0 Å². The van der Waals surface area contributed by atoms with E-state index in [1.165, 1.54) is 0 Å². The van der Waals surface area contributed by atoms with Gasteiger partial charge >= 0.3 is 0 Å². The minimum Gasteiger partial charge on any atom is -0.508 e. The van der Waals surface area contributed by atoms with E-state index in [-0.39, 0.29) is 11.5 Å². The molecule has 0 heterocycles. The number of hydrogen-bond acceptors (Lipinski definition) is 4. The zero-order valence-corrected chi connectivity index (χ0v) is 13.8. The molecule has 0 atom stereocenters. The SMILES string of the molecule is Oc1ccc(Oc2ccc3ccc(Oc4ccc(O)cc4)cc3c2)cc1. The molecule has 0 aliphatic heterocycles. The molecule has 128 valence electrons. The van der Waals surface area contributed by atoms with Gasteiger partial charge in [0.15, 0.2) is 0 Å². The molecule has 0 radical (unpaired) electrons. The van der Waals surface area contributed by atoms with Gasteiger partial charge in [-0.2, -0.15) is 0 Å². The van der Waals surface area contributed by atoms with Crippen molar-refractivity contribution in [2.45, 2.75) is 0 Å². The first-order valence-electron chi connectivity index (χ1n) is 8.13. The van der Waals surface area contributed by atoms with Crippen LogP contribution in [0.1, 0.15) is 0 Å². The molecular weight excluding hydrogens is 328 g/mol. The molecule has 0 aromatic heterocycles. The normalized spacial score (nSPS) is 10.6. The lowest BCUT2D eigenvalue weighted by Gasteiger charge is -2.09. The van der Waals surface area contributed by atoms with Crippen LogP contribution in [-0.2, 0) is 0 Å². The van der Waals surface area contributed by atoms with Gasteiger partial charge in [-0.25, -0.2) is 0 Å². The topological polar surface area (TPSA) is 58.9 Å². The molecule has 0 unspecified atom stereocenters. The average Bonchev–Trinajstić information content (AvgIpc) is 2.65. The zero-order valence-electron chi connectivity index (χ0n) is 13.8. The highest BCUT2D eigenvalue weighted by Crippen LogP contribution is 2.30. The second-order valence-electron chi connectivity index (χ2n) is 5.86. The van der Waals surface area contributed by atoms with Crippen LogP contribution in [0, 0.1) is 0 Å². The minimum atomic E-state index is 0.201. The number of fused-ring (bicyclic) bond motifs is 1. The van der Waals surface area contributed by atoms with Crippen molar-refractivity contribution >= 4 is 10.8 Å². The third-order valence-electron chi connectivity index (χ3n) is 3.93. The molecule has 0 spiro atoms. The summed E-state index contributed by atoms with van der Waals surface area (Å²) in [5.74, 6) is 3.10. The number of hydrogen-bond donors (Lipinski definition) is 2. The lowest BCUT2D eigenvalue weighted by Crippen LogP contribution is -1.86. The van der Waals surface area contributed by atoms with Crippen LogP contribution in [-0.4, -0.2) is 10.2 Å². The Hall–Kier alpha value is -3.66. The molecule has 4 nitrogen and oxygen atoms in total. The van der Waals surface area contributed by atoms with Crippen molar-refractivity contribution in [3.8, 4) is 34.5 Å². The third-order valence-corrected chi connectivity index (χ3v) is 3.93. The van der Waals surface area contributed by atoms with Gasteiger partial charge in [-0.3, -0.25) is 0 Å². The van der Waals surface area contributed by atoms with Gasteiger partial charge in [-0.1, -0.05) is 12.1 Å². The Bertz CT molecular complexity index is 956. The van der Waals surface area contributed by atoms with Gasteiger partial charge in [0.25, 0.3) is 0 Å². The summed E-state index contributed by atoms with van der Waals surface area (Å²) in [6.45, 7) is 0. The molecule has 2 N–H and O–H groups in total. The molecule has 4 heteroatoms. The molecule has 0 amide bonds. The van der Waals surface area contributed by atoms with E-state index in [1.807, 2.05) is 36.4 Å². The van der Waals surface area contributed by atoms with Crippen molar-refractivity contribution in [1.29, 1.82) is 0 Å². The summed E-state index contributed by atoms with van der Waals surface area (Å²) in [6, 6.07) is 24.8. The highest BCUT2D eigenvalue weighted by atomic mass is 16.5. The van der Waals surface area contributed by atoms with Crippen LogP contribution in [0.4, 0.5) is 0 Å². The molecule has 0 bridgehead atoms. The maximum Gasteiger partial charge on any atom is 0.128 e. The van der Waals surface area contributed by atoms with Gasteiger partial charge < -0.3 is 19.7 Å². The summed E-state index contributed by atoms with van der Waals surface area (Å²) in [4.78, 5) is 0. The molecule has 0 saturated heterocycles. The molecule has 4 aromatic rings. The third kappa shape index (κ3) is 3.54. The maximum atomic E-state index is 9.35. The first-order valence-corrected chi connectivity index (χ1v) is 8.13. The number of aromatic hydroxyl groups is 2. The minimum absolute atomic E-state index is 0.201. The quantitative estimate of drug-likeness (QED) is 0.488. The zero-order chi connectivity index (χ0) is 17.9. The molecule has 0 aliphatic rings. The van der Waals surface area contributed by atoms with Gasteiger partial charge in [0.1, 0.15) is 34.5 Å². The summed E-state index contributed by atoms with van der Waals surface area (Å²) < 4.78 is 11.7. The fourth-order valence-electron chi connectivity index (χ4n) is 2.63. The van der Waals surface area contributed by atoms with Crippen LogP contribution < -0.4 is 9.47 Å². The summed E-state index contributed by atoms with van der Waals surface area (Å²) in [5.41, 5.74) is 0. The number of rotatable bonds is 4. The largest absolute Gasteiger partial charge is 0.508 e. The predicted octanol–water partition coefficient (Wildman–Crippen LogP) is 5.84. The summed E-state index contributed by atoms with van der Waals surface area (Å²) in [5, 5.41) is 20.7. The smallest absolute Gasteiger partial charge is 0.128 e. The van der Waals surface area contributed by atoms with E-state index in [1.54, 1.807) is 48.5 Å². The van der Waals surface area contributed by atoms with Crippen molar-refractivity contribution < 1.29 is 19.7 Å². The van der Waals surface area contributed by atoms with Crippen LogP contribution in [0.2, 0.25) is 0 Å². The van der Waals surface area contributed by atoms with Crippen molar-refractivity contribution in [2.75, 3.05) is 0 Å². The van der Waals surface area contributed by atoms with Crippen molar-refractivity contribution in [3.05, 3.63) is 84.9 Å². The number of ether oxygens (including phenoxy) is 2. The highest BCUT2D eigenvalue weighted by Gasteiger charge is 2.03. The van der Waals surface area contributed by atoms with E-state index in [2.05, 4.69) is 0 Å². The molecule has 4 rings (SSSR count). The fourth-order valence-corrected chi connectivity index (χ4v) is 2.63. The standard InChI is InChI=1S/C22H16O4/c23-17-3-9-19(10-4-17)25-21-7-1-15-2-8-22(14-16(15)13-21)26-20-11-5-18(24)6-12-20/h1-14,23-24H. The van der Waals surface area contributed by atoms with Crippen LogP contribution in [0.5, 0.6) is 34.5 Å². The van der Waals surface area contributed by atoms with Crippen molar-refractivity contribution in [1.82, 2.24) is 0 Å². The first-order chi connectivity index (χ1) is 12.7. The Balaban J connectivity index is 1.59. The van der Waals surface area contributed by atoms with E-state index in [0.29, 0.717) is 23.0 Å². The molecule has 0 saturated carbocycles. The fraction of sp³-hybridized carbons (Fsp3) is 0. The monoisotopic (exact) mass is 344 g/mol. The summed E-state index contributed by atoms with van der Waals surface area (Å²) in [6.07, 6.45) is 0. The lowest BCUT2D eigenvalue weighted by molar-refractivity contribution is 0.464. The predicted molar refractivity (Wildman–Crippen MR) is 100 cm³/mol. The van der Waals surface area contributed by atoms with Gasteiger partial charge in [0.05, 0.1) is 0 Å². The van der Waals surface area contributed by atoms with Gasteiger partial charge in [0, 0.05) is 0 Å². The van der Waals surface area contributed by atoms with E-state index in [9.17, 15) is 10.2 Å². The maximum absolute atomic E-state index is 9.35. The Labute approximate surface area is 150 Å². The number of phenolic OH excluding ortho intramolecular Hbond substituents is 2. The second-order valence-corrected chi connectivity index (χ2v) is 5.86. The van der Waals surface area contributed by atoms with E-state index in [0.717, 1.165) is 10.8 Å².